The molecule has 0 aromatic rings. The van der Waals surface area contributed by atoms with Gasteiger partial charge in [-0.2, -0.15) is 18.4 Å². The Labute approximate surface area is 120 Å². The number of nitriles is 1. The van der Waals surface area contributed by atoms with Gasteiger partial charge in [-0.1, -0.05) is 13.8 Å². The van der Waals surface area contributed by atoms with Gasteiger partial charge in [0.05, 0.1) is 12.5 Å². The summed E-state index contributed by atoms with van der Waals surface area (Å²) in [5.41, 5.74) is -0.541. The van der Waals surface area contributed by atoms with Crippen molar-refractivity contribution in [2.75, 3.05) is 26.7 Å². The summed E-state index contributed by atoms with van der Waals surface area (Å²) in [7, 11) is 1.69. The Morgan fingerprint density at radius 2 is 1.80 bits per heavy atom. The summed E-state index contributed by atoms with van der Waals surface area (Å²) < 4.78 is 36.3. The molecule has 0 saturated heterocycles. The zero-order chi connectivity index (χ0) is 15.6. The molecule has 0 heterocycles. The smallest absolute Gasteiger partial charge is 0.306 e. The fourth-order valence-corrected chi connectivity index (χ4v) is 2.01. The van der Waals surface area contributed by atoms with Crippen LogP contribution < -0.4 is 5.32 Å². The van der Waals surface area contributed by atoms with Crippen LogP contribution in [0.15, 0.2) is 0 Å². The van der Waals surface area contributed by atoms with E-state index in [1.54, 1.807) is 11.9 Å². The summed E-state index contributed by atoms with van der Waals surface area (Å²) >= 11 is 0. The molecule has 0 amide bonds. The molecule has 3 nitrogen and oxygen atoms in total. The second-order valence-electron chi connectivity index (χ2n) is 5.25. The summed E-state index contributed by atoms with van der Waals surface area (Å²) in [6.07, 6.45) is -1.85. The second kappa shape index (κ2) is 9.19. The number of rotatable bonds is 10. The molecule has 1 atom stereocenters. The van der Waals surface area contributed by atoms with Crippen LogP contribution in [0, 0.1) is 11.3 Å². The van der Waals surface area contributed by atoms with Crippen LogP contribution in [0.3, 0.4) is 0 Å². The van der Waals surface area contributed by atoms with Crippen LogP contribution in [-0.2, 0) is 0 Å². The third-order valence-electron chi connectivity index (χ3n) is 3.45. The zero-order valence-electron chi connectivity index (χ0n) is 12.7. The van der Waals surface area contributed by atoms with Gasteiger partial charge in [-0.25, -0.2) is 0 Å². The van der Waals surface area contributed by atoms with E-state index in [0.717, 1.165) is 13.0 Å². The molecule has 0 spiro atoms. The van der Waals surface area contributed by atoms with Crippen molar-refractivity contribution in [2.45, 2.75) is 57.7 Å². The van der Waals surface area contributed by atoms with Gasteiger partial charge in [0.1, 0.15) is 5.54 Å². The lowest BCUT2D eigenvalue weighted by Crippen LogP contribution is -2.44. The number of hydrogen-bond donors (Lipinski definition) is 1. The minimum Gasteiger partial charge on any atom is -0.306 e. The van der Waals surface area contributed by atoms with Crippen LogP contribution >= 0.6 is 0 Å². The van der Waals surface area contributed by atoms with Crippen molar-refractivity contribution in [3.8, 4) is 6.07 Å². The Balaban J connectivity index is 4.08. The maximum atomic E-state index is 12.1. The molecule has 0 aliphatic carbocycles. The predicted octanol–water partition coefficient (Wildman–Crippen LogP) is 3.32. The van der Waals surface area contributed by atoms with Gasteiger partial charge in [-0.15, -0.1) is 0 Å². The number of halogens is 3. The maximum absolute atomic E-state index is 12.1. The van der Waals surface area contributed by atoms with Crippen molar-refractivity contribution in [3.05, 3.63) is 0 Å². The Morgan fingerprint density at radius 3 is 2.25 bits per heavy atom. The molecular formula is C14H26F3N3. The highest BCUT2D eigenvalue weighted by Crippen LogP contribution is 2.20. The lowest BCUT2D eigenvalue weighted by Gasteiger charge is -2.27. The molecule has 6 heteroatoms. The van der Waals surface area contributed by atoms with Crippen molar-refractivity contribution in [1.82, 2.24) is 10.2 Å². The van der Waals surface area contributed by atoms with Crippen LogP contribution in [0.1, 0.15) is 46.0 Å². The lowest BCUT2D eigenvalue weighted by molar-refractivity contribution is -0.137. The first-order valence-corrected chi connectivity index (χ1v) is 7.20. The third-order valence-corrected chi connectivity index (χ3v) is 3.45. The largest absolute Gasteiger partial charge is 0.390 e. The molecule has 0 radical (unpaired) electrons. The lowest BCUT2D eigenvalue weighted by atomic mass is 9.91. The minimum atomic E-state index is -4.10. The van der Waals surface area contributed by atoms with Gasteiger partial charge >= 0.3 is 6.18 Å². The first-order chi connectivity index (χ1) is 9.28. The van der Waals surface area contributed by atoms with Crippen LogP contribution in [0.25, 0.3) is 0 Å². The maximum Gasteiger partial charge on any atom is 0.390 e. The molecule has 1 unspecified atom stereocenters. The normalized spacial score (nSPS) is 15.1. The molecule has 0 saturated carbocycles. The standard InChI is InChI=1S/C14H26F3N3/c1-4-9-19-13(5-2,12-18)7-6-10-20(3)11-8-14(15,16)17/h19H,4-11H2,1-3H3. The number of alkyl halides is 3. The summed E-state index contributed by atoms with van der Waals surface area (Å²) in [4.78, 5) is 1.67. The summed E-state index contributed by atoms with van der Waals surface area (Å²) in [6.45, 7) is 5.37. The summed E-state index contributed by atoms with van der Waals surface area (Å²) in [5, 5.41) is 12.6. The van der Waals surface area contributed by atoms with Crippen LogP contribution in [0.4, 0.5) is 13.2 Å². The van der Waals surface area contributed by atoms with Gasteiger partial charge in [-0.05, 0) is 45.8 Å². The van der Waals surface area contributed by atoms with E-state index in [1.165, 1.54) is 0 Å². The van der Waals surface area contributed by atoms with Gasteiger partial charge < -0.3 is 4.90 Å². The van der Waals surface area contributed by atoms with Crippen LogP contribution in [0.5, 0.6) is 0 Å². The molecule has 0 aromatic heterocycles. The average Bonchev–Trinajstić information content (AvgIpc) is 2.40. The molecule has 0 aromatic carbocycles. The van der Waals surface area contributed by atoms with E-state index in [9.17, 15) is 18.4 Å². The molecule has 0 aliphatic heterocycles. The van der Waals surface area contributed by atoms with E-state index in [1.807, 2.05) is 13.8 Å². The van der Waals surface area contributed by atoms with E-state index in [0.29, 0.717) is 25.8 Å². The van der Waals surface area contributed by atoms with Crippen molar-refractivity contribution in [3.63, 3.8) is 0 Å². The Morgan fingerprint density at radius 1 is 1.15 bits per heavy atom. The predicted molar refractivity (Wildman–Crippen MR) is 74.3 cm³/mol. The van der Waals surface area contributed by atoms with E-state index >= 15 is 0 Å². The van der Waals surface area contributed by atoms with E-state index in [4.69, 9.17) is 0 Å². The Hall–Kier alpha value is -0.800. The summed E-state index contributed by atoms with van der Waals surface area (Å²) in [5.74, 6) is 0. The third kappa shape index (κ3) is 8.39. The van der Waals surface area contributed by atoms with Gasteiger partial charge in [0.2, 0.25) is 0 Å². The Kier molecular flexibility index (Phi) is 8.83. The van der Waals surface area contributed by atoms with E-state index in [-0.39, 0.29) is 6.54 Å². The highest BCUT2D eigenvalue weighted by molar-refractivity contribution is 5.06. The highest BCUT2D eigenvalue weighted by Gasteiger charge is 2.28. The minimum absolute atomic E-state index is 0.0115. The SMILES string of the molecule is CCCNC(C#N)(CC)CCCN(C)CCC(F)(F)F. The van der Waals surface area contributed by atoms with Crippen LogP contribution in [0.2, 0.25) is 0 Å². The summed E-state index contributed by atoms with van der Waals surface area (Å²) in [6, 6.07) is 2.32. The zero-order valence-corrected chi connectivity index (χ0v) is 12.7. The van der Waals surface area contributed by atoms with Crippen molar-refractivity contribution < 1.29 is 13.2 Å². The van der Waals surface area contributed by atoms with Crippen LogP contribution in [-0.4, -0.2) is 43.3 Å². The molecule has 0 fully saturated rings. The topological polar surface area (TPSA) is 39.1 Å². The number of nitrogens with one attached hydrogen (secondary N) is 1. The molecule has 118 valence electrons. The van der Waals surface area contributed by atoms with Crippen molar-refractivity contribution in [2.24, 2.45) is 0 Å². The van der Waals surface area contributed by atoms with Gasteiger partial charge in [0.15, 0.2) is 0 Å². The quantitative estimate of drug-likeness (QED) is 0.671. The highest BCUT2D eigenvalue weighted by atomic mass is 19.4. The first-order valence-electron chi connectivity index (χ1n) is 7.20. The Bertz CT molecular complexity index is 299. The number of nitrogens with zero attached hydrogens (tertiary/aromatic N) is 2. The number of hydrogen-bond acceptors (Lipinski definition) is 3. The molecule has 0 rings (SSSR count). The fraction of sp³-hybridized carbons (Fsp3) is 0.929. The second-order valence-corrected chi connectivity index (χ2v) is 5.25. The van der Waals surface area contributed by atoms with Crippen molar-refractivity contribution in [1.29, 1.82) is 5.26 Å². The fourth-order valence-electron chi connectivity index (χ4n) is 2.01. The molecular weight excluding hydrogens is 267 g/mol. The van der Waals surface area contributed by atoms with E-state index in [2.05, 4.69) is 11.4 Å². The molecule has 1 N–H and O–H groups in total. The average molecular weight is 293 g/mol. The monoisotopic (exact) mass is 293 g/mol. The van der Waals surface area contributed by atoms with Gasteiger partial charge in [0.25, 0.3) is 0 Å². The first kappa shape index (κ1) is 19.2. The molecule has 0 aliphatic rings. The molecule has 0 bridgehead atoms. The van der Waals surface area contributed by atoms with E-state index < -0.39 is 18.1 Å². The van der Waals surface area contributed by atoms with Crippen molar-refractivity contribution >= 4 is 0 Å². The van der Waals surface area contributed by atoms with Gasteiger partial charge in [0, 0.05) is 6.54 Å². The van der Waals surface area contributed by atoms with Gasteiger partial charge in [-0.3, -0.25) is 5.32 Å². The molecule has 20 heavy (non-hydrogen) atoms.